The standard InChI is InChI=1S/C13H19ClO2/c1-8-5-9(2)7-10(6-8)12(15)11-3-4-16-13(11)14/h3-4,8-10,12,15H,5-7H2,1-2H3. The Morgan fingerprint density at radius 2 is 1.94 bits per heavy atom. The van der Waals surface area contributed by atoms with Gasteiger partial charge in [0.25, 0.3) is 0 Å². The van der Waals surface area contributed by atoms with E-state index in [9.17, 15) is 5.11 Å². The Hall–Kier alpha value is -0.470. The van der Waals surface area contributed by atoms with E-state index in [0.717, 1.165) is 18.4 Å². The molecule has 0 amide bonds. The summed E-state index contributed by atoms with van der Waals surface area (Å²) in [4.78, 5) is 0. The molecule has 0 saturated heterocycles. The van der Waals surface area contributed by atoms with E-state index >= 15 is 0 Å². The van der Waals surface area contributed by atoms with Gasteiger partial charge in [0.15, 0.2) is 5.22 Å². The Morgan fingerprint density at radius 3 is 2.44 bits per heavy atom. The van der Waals surface area contributed by atoms with Gasteiger partial charge < -0.3 is 9.52 Å². The van der Waals surface area contributed by atoms with Gasteiger partial charge in [-0.2, -0.15) is 0 Å². The highest BCUT2D eigenvalue weighted by Gasteiger charge is 2.31. The maximum absolute atomic E-state index is 10.3. The van der Waals surface area contributed by atoms with Gasteiger partial charge in [-0.05, 0) is 54.7 Å². The molecule has 3 heteroatoms. The fourth-order valence-electron chi connectivity index (χ4n) is 3.04. The molecule has 1 aromatic rings. The van der Waals surface area contributed by atoms with Crippen LogP contribution in [-0.2, 0) is 0 Å². The number of aliphatic hydroxyl groups is 1. The molecule has 2 nitrogen and oxygen atoms in total. The van der Waals surface area contributed by atoms with Crippen LogP contribution in [0.25, 0.3) is 0 Å². The van der Waals surface area contributed by atoms with Gasteiger partial charge in [0.05, 0.1) is 12.4 Å². The lowest BCUT2D eigenvalue weighted by Crippen LogP contribution is -2.24. The number of hydrogen-bond donors (Lipinski definition) is 1. The minimum atomic E-state index is -0.476. The summed E-state index contributed by atoms with van der Waals surface area (Å²) >= 11 is 5.90. The Labute approximate surface area is 102 Å². The number of halogens is 1. The Balaban J connectivity index is 2.10. The predicted molar refractivity (Wildman–Crippen MR) is 64.3 cm³/mol. The van der Waals surface area contributed by atoms with Gasteiger partial charge in [0.1, 0.15) is 0 Å². The Morgan fingerprint density at radius 1 is 1.31 bits per heavy atom. The van der Waals surface area contributed by atoms with Gasteiger partial charge in [-0.25, -0.2) is 0 Å². The van der Waals surface area contributed by atoms with Crippen LogP contribution in [0.2, 0.25) is 5.22 Å². The average Bonchev–Trinajstić information content (AvgIpc) is 2.62. The van der Waals surface area contributed by atoms with Crippen molar-refractivity contribution < 1.29 is 9.52 Å². The summed E-state index contributed by atoms with van der Waals surface area (Å²) in [5, 5.41) is 10.6. The highest BCUT2D eigenvalue weighted by molar-refractivity contribution is 6.29. The molecule has 2 rings (SSSR count). The number of hydrogen-bond acceptors (Lipinski definition) is 2. The molecule has 0 aliphatic heterocycles. The Kier molecular flexibility index (Phi) is 3.60. The summed E-state index contributed by atoms with van der Waals surface area (Å²) in [6.45, 7) is 4.51. The lowest BCUT2D eigenvalue weighted by Gasteiger charge is -2.34. The first-order valence-electron chi connectivity index (χ1n) is 5.99. The maximum Gasteiger partial charge on any atom is 0.198 e. The second kappa shape index (κ2) is 4.80. The van der Waals surface area contributed by atoms with Crippen LogP contribution >= 0.6 is 11.6 Å². The van der Waals surface area contributed by atoms with Crippen LogP contribution in [0.1, 0.15) is 44.8 Å². The van der Waals surface area contributed by atoms with Crippen molar-refractivity contribution in [1.29, 1.82) is 0 Å². The van der Waals surface area contributed by atoms with Crippen LogP contribution in [0.3, 0.4) is 0 Å². The van der Waals surface area contributed by atoms with Crippen molar-refractivity contribution in [3.8, 4) is 0 Å². The third-order valence-electron chi connectivity index (χ3n) is 3.63. The molecular weight excluding hydrogens is 224 g/mol. The first-order chi connectivity index (χ1) is 7.58. The van der Waals surface area contributed by atoms with Crippen molar-refractivity contribution in [2.75, 3.05) is 0 Å². The molecule has 1 saturated carbocycles. The van der Waals surface area contributed by atoms with Gasteiger partial charge in [-0.3, -0.25) is 0 Å². The van der Waals surface area contributed by atoms with E-state index in [2.05, 4.69) is 13.8 Å². The zero-order chi connectivity index (χ0) is 11.7. The van der Waals surface area contributed by atoms with Crippen molar-refractivity contribution in [1.82, 2.24) is 0 Å². The van der Waals surface area contributed by atoms with Gasteiger partial charge in [0, 0.05) is 5.56 Å². The lowest BCUT2D eigenvalue weighted by molar-refractivity contribution is 0.0548. The molecule has 1 N–H and O–H groups in total. The fourth-order valence-corrected chi connectivity index (χ4v) is 3.26. The normalized spacial score (nSPS) is 32.6. The second-order valence-electron chi connectivity index (χ2n) is 5.27. The van der Waals surface area contributed by atoms with Crippen LogP contribution < -0.4 is 0 Å². The van der Waals surface area contributed by atoms with E-state index < -0.39 is 6.10 Å². The molecule has 0 spiro atoms. The maximum atomic E-state index is 10.3. The summed E-state index contributed by atoms with van der Waals surface area (Å²) in [5.74, 6) is 1.69. The molecule has 1 fully saturated rings. The molecule has 1 heterocycles. The van der Waals surface area contributed by atoms with E-state index in [0.29, 0.717) is 23.0 Å². The largest absolute Gasteiger partial charge is 0.453 e. The van der Waals surface area contributed by atoms with Crippen molar-refractivity contribution >= 4 is 11.6 Å². The van der Waals surface area contributed by atoms with Gasteiger partial charge in [-0.15, -0.1) is 0 Å². The molecule has 1 aliphatic rings. The summed E-state index contributed by atoms with van der Waals surface area (Å²) in [6.07, 6.45) is 4.48. The zero-order valence-electron chi connectivity index (χ0n) is 9.82. The molecular formula is C13H19ClO2. The van der Waals surface area contributed by atoms with Crippen LogP contribution in [0.5, 0.6) is 0 Å². The molecule has 3 unspecified atom stereocenters. The van der Waals surface area contributed by atoms with Gasteiger partial charge >= 0.3 is 0 Å². The van der Waals surface area contributed by atoms with E-state index in [-0.39, 0.29) is 0 Å². The van der Waals surface area contributed by atoms with Crippen LogP contribution in [-0.4, -0.2) is 5.11 Å². The number of rotatable bonds is 2. The average molecular weight is 243 g/mol. The lowest BCUT2D eigenvalue weighted by atomic mass is 9.73. The highest BCUT2D eigenvalue weighted by Crippen LogP contribution is 2.41. The van der Waals surface area contributed by atoms with E-state index in [4.69, 9.17) is 16.0 Å². The second-order valence-corrected chi connectivity index (χ2v) is 5.62. The first-order valence-corrected chi connectivity index (χ1v) is 6.36. The minimum Gasteiger partial charge on any atom is -0.453 e. The van der Waals surface area contributed by atoms with E-state index in [1.165, 1.54) is 12.7 Å². The third-order valence-corrected chi connectivity index (χ3v) is 3.93. The molecule has 1 aliphatic carbocycles. The SMILES string of the molecule is CC1CC(C)CC(C(O)c2ccoc2Cl)C1. The van der Waals surface area contributed by atoms with E-state index in [1.807, 2.05) is 0 Å². The summed E-state index contributed by atoms with van der Waals surface area (Å²) in [7, 11) is 0. The number of furan rings is 1. The summed E-state index contributed by atoms with van der Waals surface area (Å²) < 4.78 is 5.04. The predicted octanol–water partition coefficient (Wildman–Crippen LogP) is 4.04. The van der Waals surface area contributed by atoms with Gasteiger partial charge in [-0.1, -0.05) is 13.8 Å². The third kappa shape index (κ3) is 2.44. The molecule has 90 valence electrons. The summed E-state index contributed by atoms with van der Waals surface area (Å²) in [5.41, 5.74) is 0.743. The topological polar surface area (TPSA) is 33.4 Å². The molecule has 0 radical (unpaired) electrons. The van der Waals surface area contributed by atoms with Crippen LogP contribution in [0.4, 0.5) is 0 Å². The van der Waals surface area contributed by atoms with E-state index in [1.54, 1.807) is 6.07 Å². The van der Waals surface area contributed by atoms with Crippen molar-refractivity contribution in [2.24, 2.45) is 17.8 Å². The Bertz CT molecular complexity index is 337. The first kappa shape index (κ1) is 12.0. The molecule has 3 atom stereocenters. The van der Waals surface area contributed by atoms with Crippen molar-refractivity contribution in [2.45, 2.75) is 39.2 Å². The van der Waals surface area contributed by atoms with Crippen molar-refractivity contribution in [3.05, 3.63) is 23.1 Å². The molecule has 0 bridgehead atoms. The quantitative estimate of drug-likeness (QED) is 0.849. The smallest absolute Gasteiger partial charge is 0.198 e. The zero-order valence-corrected chi connectivity index (χ0v) is 10.6. The molecule has 0 aromatic carbocycles. The monoisotopic (exact) mass is 242 g/mol. The highest BCUT2D eigenvalue weighted by atomic mass is 35.5. The van der Waals surface area contributed by atoms with Gasteiger partial charge in [0.2, 0.25) is 0 Å². The fraction of sp³-hybridized carbons (Fsp3) is 0.692. The number of aliphatic hydroxyl groups excluding tert-OH is 1. The van der Waals surface area contributed by atoms with Crippen LogP contribution in [0.15, 0.2) is 16.7 Å². The molecule has 1 aromatic heterocycles. The van der Waals surface area contributed by atoms with Crippen LogP contribution in [0, 0.1) is 17.8 Å². The summed E-state index contributed by atoms with van der Waals surface area (Å²) in [6, 6.07) is 1.77. The molecule has 16 heavy (non-hydrogen) atoms. The van der Waals surface area contributed by atoms with Crippen molar-refractivity contribution in [3.63, 3.8) is 0 Å². The minimum absolute atomic E-state index is 0.314.